The van der Waals surface area contributed by atoms with E-state index in [1.165, 1.54) is 12.1 Å². The maximum absolute atomic E-state index is 14.0. The molecule has 0 radical (unpaired) electrons. The smallest absolute Gasteiger partial charge is 0.256 e. The fourth-order valence-electron chi connectivity index (χ4n) is 5.20. The lowest BCUT2D eigenvalue weighted by Crippen LogP contribution is -2.44. The first-order valence-corrected chi connectivity index (χ1v) is 11.9. The van der Waals surface area contributed by atoms with Gasteiger partial charge in [-0.15, -0.1) is 0 Å². The number of anilines is 1. The first-order valence-electron chi connectivity index (χ1n) is 11.9. The van der Waals surface area contributed by atoms with E-state index in [0.717, 1.165) is 54.0 Å². The Labute approximate surface area is 204 Å². The molecule has 0 spiro atoms. The number of aromatic nitrogens is 1. The van der Waals surface area contributed by atoms with Gasteiger partial charge in [0.2, 0.25) is 0 Å². The van der Waals surface area contributed by atoms with Gasteiger partial charge in [0.15, 0.2) is 0 Å². The lowest BCUT2D eigenvalue weighted by molar-refractivity contribution is -0.110. The van der Waals surface area contributed by atoms with Crippen LogP contribution in [0, 0.1) is 19.7 Å². The van der Waals surface area contributed by atoms with Crippen molar-refractivity contribution in [1.29, 1.82) is 0 Å². The van der Waals surface area contributed by atoms with Gasteiger partial charge in [0.1, 0.15) is 5.82 Å². The third-order valence-corrected chi connectivity index (χ3v) is 7.12. The van der Waals surface area contributed by atoms with Crippen molar-refractivity contribution >= 4 is 29.2 Å². The van der Waals surface area contributed by atoms with Crippen LogP contribution in [0.15, 0.2) is 42.5 Å². The molecule has 3 heterocycles. The van der Waals surface area contributed by atoms with Gasteiger partial charge in [-0.05, 0) is 80.7 Å². The summed E-state index contributed by atoms with van der Waals surface area (Å²) in [4.78, 5) is 31.6. The van der Waals surface area contributed by atoms with Gasteiger partial charge < -0.3 is 20.5 Å². The molecule has 1 aromatic heterocycles. The lowest BCUT2D eigenvalue weighted by atomic mass is 9.94. The Bertz CT molecular complexity index is 1350. The largest absolute Gasteiger partial charge is 0.358 e. The molecule has 0 bridgehead atoms. The number of aryl methyl sites for hydroxylation is 1. The molecule has 180 valence electrons. The quantitative estimate of drug-likeness (QED) is 0.480. The van der Waals surface area contributed by atoms with Crippen molar-refractivity contribution in [3.05, 3.63) is 76.4 Å². The van der Waals surface area contributed by atoms with E-state index in [1.54, 1.807) is 12.1 Å². The summed E-state index contributed by atoms with van der Waals surface area (Å²) in [7, 11) is 1.87. The summed E-state index contributed by atoms with van der Waals surface area (Å²) in [6.45, 7) is 5.62. The number of rotatable bonds is 4. The number of carbonyl (C=O) groups is 2. The molecule has 0 unspecified atom stereocenters. The van der Waals surface area contributed by atoms with E-state index >= 15 is 0 Å². The number of hydrogen-bond donors (Lipinski definition) is 3. The van der Waals surface area contributed by atoms with Gasteiger partial charge in [0.05, 0.1) is 11.1 Å². The van der Waals surface area contributed by atoms with E-state index in [9.17, 15) is 14.0 Å². The van der Waals surface area contributed by atoms with Crippen LogP contribution < -0.4 is 10.6 Å². The van der Waals surface area contributed by atoms with Crippen molar-refractivity contribution in [1.82, 2.24) is 15.2 Å². The number of amides is 2. The molecule has 6 nitrogen and oxygen atoms in total. The fraction of sp³-hybridized carbons (Fsp3) is 0.286. The number of benzene rings is 2. The van der Waals surface area contributed by atoms with Crippen LogP contribution in [-0.2, 0) is 4.79 Å². The van der Waals surface area contributed by atoms with Crippen molar-refractivity contribution in [3.8, 4) is 11.1 Å². The van der Waals surface area contributed by atoms with Crippen LogP contribution in [0.4, 0.5) is 10.1 Å². The third kappa shape index (κ3) is 4.17. The summed E-state index contributed by atoms with van der Waals surface area (Å²) in [5, 5.41) is 6.26. The molecule has 3 N–H and O–H groups in total. The first kappa shape index (κ1) is 23.1. The molecule has 1 saturated heterocycles. The minimum absolute atomic E-state index is 0.00970. The Morgan fingerprint density at radius 1 is 1.11 bits per heavy atom. The van der Waals surface area contributed by atoms with Gasteiger partial charge >= 0.3 is 0 Å². The molecule has 0 saturated carbocycles. The number of hydrogen-bond acceptors (Lipinski definition) is 3. The molecule has 2 aliphatic rings. The van der Waals surface area contributed by atoms with Crippen LogP contribution in [0.2, 0.25) is 0 Å². The zero-order valence-electron chi connectivity index (χ0n) is 20.2. The lowest BCUT2D eigenvalue weighted by Gasteiger charge is -2.31. The standard InChI is InChI=1S/C28H29FN4O2/c1-16-24(31-17(2)25(16)28(35)33(3)20-10-12-30-13-11-20)15-22-26-21(18-6-4-7-19(29)14-18)8-5-9-23(26)32-27(22)34/h4-9,14-15,20,30-31H,10-13H2,1-3H3,(H,32,34)/b22-15-. The van der Waals surface area contributed by atoms with Gasteiger partial charge in [-0.3, -0.25) is 9.59 Å². The highest BCUT2D eigenvalue weighted by Crippen LogP contribution is 2.41. The molecule has 5 rings (SSSR count). The van der Waals surface area contributed by atoms with Crippen molar-refractivity contribution in [2.75, 3.05) is 25.5 Å². The van der Waals surface area contributed by atoms with Crippen molar-refractivity contribution in [2.24, 2.45) is 0 Å². The average Bonchev–Trinajstić information content (AvgIpc) is 3.33. The normalized spacial score (nSPS) is 16.9. The summed E-state index contributed by atoms with van der Waals surface area (Å²) in [6, 6.07) is 12.1. The third-order valence-electron chi connectivity index (χ3n) is 7.12. The maximum atomic E-state index is 14.0. The molecule has 35 heavy (non-hydrogen) atoms. The molecular weight excluding hydrogens is 443 g/mol. The number of H-pyrrole nitrogens is 1. The Hall–Kier alpha value is -3.71. The van der Waals surface area contributed by atoms with Gasteiger partial charge in [-0.25, -0.2) is 4.39 Å². The summed E-state index contributed by atoms with van der Waals surface area (Å²) >= 11 is 0. The predicted molar refractivity (Wildman–Crippen MR) is 137 cm³/mol. The second kappa shape index (κ2) is 9.15. The number of aromatic amines is 1. The molecule has 1 fully saturated rings. The summed E-state index contributed by atoms with van der Waals surface area (Å²) in [5.41, 5.74) is 6.32. The number of nitrogens with zero attached hydrogens (tertiary/aromatic N) is 1. The Kier molecular flexibility index (Phi) is 6.03. The van der Waals surface area contributed by atoms with E-state index in [2.05, 4.69) is 15.6 Å². The molecule has 0 atom stereocenters. The fourth-order valence-corrected chi connectivity index (χ4v) is 5.20. The summed E-state index contributed by atoms with van der Waals surface area (Å²) in [6.07, 6.45) is 3.66. The van der Waals surface area contributed by atoms with Crippen LogP contribution in [0.25, 0.3) is 22.8 Å². The van der Waals surface area contributed by atoms with E-state index < -0.39 is 0 Å². The average molecular weight is 473 g/mol. The van der Waals surface area contributed by atoms with E-state index in [-0.39, 0.29) is 23.7 Å². The monoisotopic (exact) mass is 472 g/mol. The minimum atomic E-state index is -0.334. The number of halogens is 1. The first-order chi connectivity index (χ1) is 16.8. The van der Waals surface area contributed by atoms with Crippen molar-refractivity contribution in [3.63, 3.8) is 0 Å². The van der Waals surface area contributed by atoms with E-state index in [1.807, 2.05) is 50.1 Å². The molecule has 3 aromatic rings. The second-order valence-corrected chi connectivity index (χ2v) is 9.31. The van der Waals surface area contributed by atoms with Crippen LogP contribution in [0.1, 0.15) is 45.7 Å². The highest BCUT2D eigenvalue weighted by atomic mass is 19.1. The van der Waals surface area contributed by atoms with Gasteiger partial charge in [-0.1, -0.05) is 24.3 Å². The number of piperidine rings is 1. The summed E-state index contributed by atoms with van der Waals surface area (Å²) in [5.74, 6) is -0.570. The molecule has 0 aliphatic carbocycles. The van der Waals surface area contributed by atoms with Gasteiger partial charge in [-0.2, -0.15) is 0 Å². The topological polar surface area (TPSA) is 77.2 Å². The number of carbonyl (C=O) groups excluding carboxylic acids is 2. The Morgan fingerprint density at radius 3 is 2.60 bits per heavy atom. The minimum Gasteiger partial charge on any atom is -0.358 e. The molecule has 2 amide bonds. The molecular formula is C28H29FN4O2. The number of nitrogens with one attached hydrogen (secondary N) is 3. The Morgan fingerprint density at radius 2 is 1.86 bits per heavy atom. The molecule has 7 heteroatoms. The molecule has 2 aromatic carbocycles. The van der Waals surface area contributed by atoms with Crippen molar-refractivity contribution in [2.45, 2.75) is 32.7 Å². The van der Waals surface area contributed by atoms with Crippen molar-refractivity contribution < 1.29 is 14.0 Å². The van der Waals surface area contributed by atoms with Crippen LogP contribution >= 0.6 is 0 Å². The SMILES string of the molecule is Cc1[nH]c(/C=C2\C(=O)Nc3cccc(-c4cccc(F)c4)c32)c(C)c1C(=O)N(C)C1CCNCC1. The highest BCUT2D eigenvalue weighted by Gasteiger charge is 2.30. The van der Waals surface area contributed by atoms with Crippen LogP contribution in [0.3, 0.4) is 0 Å². The second-order valence-electron chi connectivity index (χ2n) is 9.31. The number of fused-ring (bicyclic) bond motifs is 1. The summed E-state index contributed by atoms with van der Waals surface area (Å²) < 4.78 is 14.0. The zero-order chi connectivity index (χ0) is 24.7. The highest BCUT2D eigenvalue weighted by molar-refractivity contribution is 6.36. The zero-order valence-corrected chi connectivity index (χ0v) is 20.2. The molecule has 2 aliphatic heterocycles. The van der Waals surface area contributed by atoms with Crippen LogP contribution in [-0.4, -0.2) is 47.9 Å². The van der Waals surface area contributed by atoms with E-state index in [0.29, 0.717) is 22.4 Å². The van der Waals surface area contributed by atoms with Gasteiger partial charge in [0.25, 0.3) is 11.8 Å². The Balaban J connectivity index is 1.55. The van der Waals surface area contributed by atoms with Gasteiger partial charge in [0, 0.05) is 35.7 Å². The maximum Gasteiger partial charge on any atom is 0.256 e. The van der Waals surface area contributed by atoms with Crippen LogP contribution in [0.5, 0.6) is 0 Å². The predicted octanol–water partition coefficient (Wildman–Crippen LogP) is 4.75. The van der Waals surface area contributed by atoms with E-state index in [4.69, 9.17) is 0 Å².